The van der Waals surface area contributed by atoms with E-state index in [1.54, 1.807) is 0 Å². The third-order valence-corrected chi connectivity index (χ3v) is 4.74. The number of aromatic nitrogens is 1. The van der Waals surface area contributed by atoms with E-state index in [1.165, 1.54) is 23.5 Å². The van der Waals surface area contributed by atoms with Crippen LogP contribution < -0.4 is 5.32 Å². The van der Waals surface area contributed by atoms with Crippen molar-refractivity contribution >= 4 is 33.0 Å². The van der Waals surface area contributed by atoms with Crippen LogP contribution in [0.2, 0.25) is 0 Å². The van der Waals surface area contributed by atoms with Crippen LogP contribution in [-0.2, 0) is 6.18 Å². The van der Waals surface area contributed by atoms with Gasteiger partial charge in [-0.3, -0.25) is 0 Å². The lowest BCUT2D eigenvalue weighted by molar-refractivity contribution is -0.137. The number of hydrogen-bond donors (Lipinski definition) is 1. The highest BCUT2D eigenvalue weighted by atomic mass is 79.9. The molecule has 7 heteroatoms. The molecule has 0 bridgehead atoms. The van der Waals surface area contributed by atoms with Gasteiger partial charge in [-0.25, -0.2) is 4.98 Å². The first-order chi connectivity index (χ1) is 9.68. The van der Waals surface area contributed by atoms with Crippen LogP contribution in [0.15, 0.2) is 22.7 Å². The molecule has 1 N–H and O–H groups in total. The lowest BCUT2D eigenvalue weighted by Crippen LogP contribution is -2.13. The van der Waals surface area contributed by atoms with Gasteiger partial charge in [-0.15, -0.1) is 11.3 Å². The Hall–Kier alpha value is -1.08. The first kappa shape index (κ1) is 16.3. The van der Waals surface area contributed by atoms with E-state index in [1.807, 2.05) is 20.8 Å². The molecule has 0 amide bonds. The van der Waals surface area contributed by atoms with Crippen molar-refractivity contribution in [2.45, 2.75) is 33.0 Å². The van der Waals surface area contributed by atoms with E-state index in [-0.39, 0.29) is 11.7 Å². The number of rotatable bonds is 3. The van der Waals surface area contributed by atoms with Crippen LogP contribution in [0.4, 0.5) is 18.9 Å². The third-order valence-electron chi connectivity index (χ3n) is 2.99. The normalized spacial score (nSPS) is 13.3. The molecule has 0 aliphatic carbocycles. The molecule has 114 valence electrons. The third kappa shape index (κ3) is 3.77. The molecular formula is C14H14BrF3N2S. The number of alkyl halides is 3. The highest BCUT2D eigenvalue weighted by molar-refractivity contribution is 9.10. The van der Waals surface area contributed by atoms with Crippen LogP contribution in [0.25, 0.3) is 0 Å². The predicted molar refractivity (Wildman–Crippen MR) is 82.8 cm³/mol. The maximum atomic E-state index is 13.1. The lowest BCUT2D eigenvalue weighted by atomic mass is 10.1. The first-order valence-electron chi connectivity index (χ1n) is 6.25. The first-order valence-corrected chi connectivity index (χ1v) is 7.86. The zero-order valence-corrected chi connectivity index (χ0v) is 14.1. The van der Waals surface area contributed by atoms with E-state index in [4.69, 9.17) is 0 Å². The smallest absolute Gasteiger partial charge is 0.377 e. The van der Waals surface area contributed by atoms with Crippen molar-refractivity contribution in [1.82, 2.24) is 4.98 Å². The zero-order valence-electron chi connectivity index (χ0n) is 11.7. The summed E-state index contributed by atoms with van der Waals surface area (Å²) in [7, 11) is 0. The van der Waals surface area contributed by atoms with Gasteiger partial charge in [0.05, 0.1) is 22.3 Å². The summed E-state index contributed by atoms with van der Waals surface area (Å²) >= 11 is 4.70. The summed E-state index contributed by atoms with van der Waals surface area (Å²) < 4.78 is 39.8. The molecule has 0 radical (unpaired) electrons. The second kappa shape index (κ2) is 5.96. The summed E-state index contributed by atoms with van der Waals surface area (Å²) in [6.07, 6.45) is -4.39. The number of thiazole rings is 1. The predicted octanol–water partition coefficient (Wildman–Crippen LogP) is 5.71. The quantitative estimate of drug-likeness (QED) is 0.739. The summed E-state index contributed by atoms with van der Waals surface area (Å²) in [6, 6.07) is 3.67. The molecule has 21 heavy (non-hydrogen) atoms. The van der Waals surface area contributed by atoms with Gasteiger partial charge in [0, 0.05) is 15.0 Å². The van der Waals surface area contributed by atoms with Crippen molar-refractivity contribution in [3.63, 3.8) is 0 Å². The van der Waals surface area contributed by atoms with Gasteiger partial charge in [-0.1, -0.05) is 15.9 Å². The van der Waals surface area contributed by atoms with Gasteiger partial charge in [-0.05, 0) is 39.0 Å². The largest absolute Gasteiger partial charge is 0.418 e. The summed E-state index contributed by atoms with van der Waals surface area (Å²) in [6.45, 7) is 5.58. The summed E-state index contributed by atoms with van der Waals surface area (Å²) in [5.41, 5.74) is 0.243. The summed E-state index contributed by atoms with van der Waals surface area (Å²) in [4.78, 5) is 5.25. The minimum Gasteiger partial charge on any atom is -0.377 e. The van der Waals surface area contributed by atoms with Gasteiger partial charge in [0.25, 0.3) is 0 Å². The zero-order chi connectivity index (χ0) is 15.8. The second-order valence-corrected chi connectivity index (χ2v) is 6.89. The average molecular weight is 379 g/mol. The van der Waals surface area contributed by atoms with Crippen LogP contribution in [0, 0.1) is 13.8 Å². The fourth-order valence-corrected chi connectivity index (χ4v) is 3.42. The Bertz CT molecular complexity index is 652. The molecule has 0 spiro atoms. The molecule has 1 unspecified atom stereocenters. The fourth-order valence-electron chi connectivity index (χ4n) is 2.13. The fraction of sp³-hybridized carbons (Fsp3) is 0.357. The topological polar surface area (TPSA) is 24.9 Å². The maximum absolute atomic E-state index is 13.1. The van der Waals surface area contributed by atoms with Crippen molar-refractivity contribution in [2.24, 2.45) is 0 Å². The molecule has 0 saturated heterocycles. The van der Waals surface area contributed by atoms with Crippen molar-refractivity contribution in [2.75, 3.05) is 5.32 Å². The van der Waals surface area contributed by atoms with Crippen molar-refractivity contribution in [3.05, 3.63) is 43.8 Å². The minimum atomic E-state index is -4.39. The van der Waals surface area contributed by atoms with Gasteiger partial charge in [0.1, 0.15) is 0 Å². The highest BCUT2D eigenvalue weighted by Crippen LogP contribution is 2.38. The molecule has 2 rings (SSSR count). The molecule has 1 atom stereocenters. The molecule has 0 fully saturated rings. The van der Waals surface area contributed by atoms with Crippen molar-refractivity contribution in [3.8, 4) is 0 Å². The Morgan fingerprint density at radius 3 is 2.48 bits per heavy atom. The number of hydrogen-bond acceptors (Lipinski definition) is 3. The Morgan fingerprint density at radius 1 is 1.29 bits per heavy atom. The summed E-state index contributed by atoms with van der Waals surface area (Å²) in [5.74, 6) is 0. The molecule has 0 aliphatic rings. The van der Waals surface area contributed by atoms with E-state index in [9.17, 15) is 13.2 Å². The van der Waals surface area contributed by atoms with E-state index in [0.717, 1.165) is 21.6 Å². The van der Waals surface area contributed by atoms with E-state index in [2.05, 4.69) is 26.2 Å². The number of nitrogens with zero attached hydrogens (tertiary/aromatic N) is 1. The van der Waals surface area contributed by atoms with Crippen LogP contribution in [0.5, 0.6) is 0 Å². The minimum absolute atomic E-state index is 0.0647. The molecule has 1 heterocycles. The molecule has 2 aromatic rings. The Morgan fingerprint density at radius 2 is 1.95 bits per heavy atom. The van der Waals surface area contributed by atoms with Gasteiger partial charge >= 0.3 is 6.18 Å². The number of nitrogens with one attached hydrogen (secondary N) is 1. The second-order valence-electron chi connectivity index (χ2n) is 4.74. The van der Waals surface area contributed by atoms with Crippen molar-refractivity contribution in [1.29, 1.82) is 0 Å². The van der Waals surface area contributed by atoms with Crippen LogP contribution in [0.1, 0.15) is 34.1 Å². The Balaban J connectivity index is 2.35. The molecule has 1 aromatic heterocycles. The Kier molecular flexibility index (Phi) is 4.63. The standard InChI is InChI=1S/C14H14BrF3N2S/c1-7-13(21-9(3)19-7)8(2)20-12-6-10(15)4-5-11(12)14(16,17)18/h4-6,8,20H,1-3H3. The monoisotopic (exact) mass is 378 g/mol. The van der Waals surface area contributed by atoms with Crippen LogP contribution >= 0.6 is 27.3 Å². The van der Waals surface area contributed by atoms with Gasteiger partial charge in [-0.2, -0.15) is 13.2 Å². The number of benzene rings is 1. The average Bonchev–Trinajstić information content (AvgIpc) is 2.67. The molecule has 0 saturated carbocycles. The number of halogens is 4. The van der Waals surface area contributed by atoms with Gasteiger partial charge in [0.2, 0.25) is 0 Å². The summed E-state index contributed by atoms with van der Waals surface area (Å²) in [5, 5.41) is 3.85. The number of anilines is 1. The highest BCUT2D eigenvalue weighted by Gasteiger charge is 2.34. The van der Waals surface area contributed by atoms with Gasteiger partial charge < -0.3 is 5.32 Å². The van der Waals surface area contributed by atoms with Crippen LogP contribution in [0.3, 0.4) is 0 Å². The van der Waals surface area contributed by atoms with Crippen molar-refractivity contribution < 1.29 is 13.2 Å². The lowest BCUT2D eigenvalue weighted by Gasteiger charge is -2.19. The molecule has 0 aliphatic heterocycles. The maximum Gasteiger partial charge on any atom is 0.418 e. The molecular weight excluding hydrogens is 365 g/mol. The SMILES string of the molecule is Cc1nc(C)c(C(C)Nc2cc(Br)ccc2C(F)(F)F)s1. The van der Waals surface area contributed by atoms with E-state index >= 15 is 0 Å². The van der Waals surface area contributed by atoms with E-state index < -0.39 is 11.7 Å². The Labute approximate surface area is 133 Å². The van der Waals surface area contributed by atoms with E-state index in [0.29, 0.717) is 4.47 Å². The molecule has 1 aromatic carbocycles. The van der Waals surface area contributed by atoms with Gasteiger partial charge in [0.15, 0.2) is 0 Å². The molecule has 2 nitrogen and oxygen atoms in total. The van der Waals surface area contributed by atoms with Crippen LogP contribution in [-0.4, -0.2) is 4.98 Å². The number of aryl methyl sites for hydroxylation is 2.